The number of amides is 4. The van der Waals surface area contributed by atoms with Crippen molar-refractivity contribution in [3.05, 3.63) is 35.9 Å². The second-order valence-corrected chi connectivity index (χ2v) is 3.86. The summed E-state index contributed by atoms with van der Waals surface area (Å²) in [6.45, 7) is 1.74. The number of rotatable bonds is 2. The fourth-order valence-electron chi connectivity index (χ4n) is 2.06. The Hall–Kier alpha value is -1.88. The Morgan fingerprint density at radius 2 is 1.50 bits per heavy atom. The topological polar surface area (TPSA) is 75.3 Å². The van der Waals surface area contributed by atoms with Crippen LogP contribution in [0.15, 0.2) is 30.3 Å². The molecule has 0 bridgehead atoms. The van der Waals surface area contributed by atoms with E-state index in [-0.39, 0.29) is 12.4 Å². The first-order valence-corrected chi connectivity index (χ1v) is 5.33. The second-order valence-electron chi connectivity index (χ2n) is 3.86. The van der Waals surface area contributed by atoms with Crippen LogP contribution in [0.3, 0.4) is 0 Å². The molecule has 1 heterocycles. The first-order valence-electron chi connectivity index (χ1n) is 5.33. The molecule has 0 spiro atoms. The molecule has 1 saturated heterocycles. The van der Waals surface area contributed by atoms with Crippen LogP contribution in [0.4, 0.5) is 4.79 Å². The van der Waals surface area contributed by atoms with Gasteiger partial charge in [-0.1, -0.05) is 37.3 Å². The maximum Gasteiger partial charge on any atom is 0.328 e. The summed E-state index contributed by atoms with van der Waals surface area (Å²) >= 11 is 0. The summed E-state index contributed by atoms with van der Waals surface area (Å²) in [5.74, 6) is -1.14. The van der Waals surface area contributed by atoms with Crippen molar-refractivity contribution in [3.63, 3.8) is 0 Å². The lowest BCUT2D eigenvalue weighted by atomic mass is 9.75. The van der Waals surface area contributed by atoms with Gasteiger partial charge in [0.15, 0.2) is 5.41 Å². The van der Waals surface area contributed by atoms with Crippen LogP contribution in [-0.2, 0) is 15.0 Å². The van der Waals surface area contributed by atoms with Crippen molar-refractivity contribution in [2.45, 2.75) is 18.8 Å². The number of hydrogen-bond acceptors (Lipinski definition) is 3. The van der Waals surface area contributed by atoms with Crippen molar-refractivity contribution in [3.8, 4) is 0 Å². The molecule has 5 nitrogen and oxygen atoms in total. The van der Waals surface area contributed by atoms with Crippen LogP contribution in [0.25, 0.3) is 0 Å². The molecule has 0 aliphatic carbocycles. The first kappa shape index (κ1) is 14.2. The SMILES string of the molecule is CCC1(c2ccccc2)C(=O)NC(=O)NC1=O.Cl. The molecule has 0 aromatic heterocycles. The van der Waals surface area contributed by atoms with Crippen LogP contribution in [0.2, 0.25) is 0 Å². The average Bonchev–Trinajstić information content (AvgIpc) is 2.30. The van der Waals surface area contributed by atoms with Crippen molar-refractivity contribution >= 4 is 30.3 Å². The maximum atomic E-state index is 12.0. The van der Waals surface area contributed by atoms with Gasteiger partial charge in [0.1, 0.15) is 0 Å². The maximum absolute atomic E-state index is 12.0. The number of barbiturate groups is 1. The molecule has 18 heavy (non-hydrogen) atoms. The van der Waals surface area contributed by atoms with E-state index in [0.29, 0.717) is 12.0 Å². The van der Waals surface area contributed by atoms with Gasteiger partial charge in [-0.2, -0.15) is 0 Å². The summed E-state index contributed by atoms with van der Waals surface area (Å²) < 4.78 is 0. The Labute approximate surface area is 110 Å². The summed E-state index contributed by atoms with van der Waals surface area (Å²) in [6.07, 6.45) is 0.294. The molecule has 6 heteroatoms. The van der Waals surface area contributed by atoms with Gasteiger partial charge in [-0.25, -0.2) is 4.79 Å². The van der Waals surface area contributed by atoms with Gasteiger partial charge >= 0.3 is 6.03 Å². The van der Waals surface area contributed by atoms with E-state index in [2.05, 4.69) is 10.6 Å². The average molecular weight is 269 g/mol. The number of carbonyl (C=O) groups is 3. The summed E-state index contributed by atoms with van der Waals surface area (Å²) in [6, 6.07) is 7.96. The lowest BCUT2D eigenvalue weighted by molar-refractivity contribution is -0.138. The van der Waals surface area contributed by atoms with Gasteiger partial charge < -0.3 is 0 Å². The van der Waals surface area contributed by atoms with Gasteiger partial charge in [0.05, 0.1) is 0 Å². The van der Waals surface area contributed by atoms with Gasteiger partial charge in [-0.3, -0.25) is 20.2 Å². The predicted octanol–water partition coefficient (Wildman–Crippen LogP) is 1.12. The molecule has 2 rings (SSSR count). The van der Waals surface area contributed by atoms with E-state index in [4.69, 9.17) is 0 Å². The highest BCUT2D eigenvalue weighted by Gasteiger charge is 2.50. The van der Waals surface area contributed by atoms with Gasteiger partial charge in [0, 0.05) is 0 Å². The van der Waals surface area contributed by atoms with Crippen LogP contribution < -0.4 is 10.6 Å². The molecular formula is C12H13ClN2O3. The number of urea groups is 1. The number of carbonyl (C=O) groups excluding carboxylic acids is 3. The van der Waals surface area contributed by atoms with E-state index < -0.39 is 23.3 Å². The minimum atomic E-state index is -1.31. The Balaban J connectivity index is 0.00000162. The number of hydrogen-bond donors (Lipinski definition) is 2. The molecule has 1 aromatic carbocycles. The van der Waals surface area contributed by atoms with E-state index in [1.54, 1.807) is 37.3 Å². The quantitative estimate of drug-likeness (QED) is 0.790. The number of halogens is 1. The molecule has 1 fully saturated rings. The molecule has 0 radical (unpaired) electrons. The Morgan fingerprint density at radius 3 is 1.94 bits per heavy atom. The second kappa shape index (κ2) is 5.18. The summed E-state index contributed by atoms with van der Waals surface area (Å²) in [4.78, 5) is 35.0. The van der Waals surface area contributed by atoms with Gasteiger partial charge in [0.25, 0.3) is 0 Å². The van der Waals surface area contributed by atoms with Crippen LogP contribution in [-0.4, -0.2) is 17.8 Å². The Bertz CT molecular complexity index is 467. The van der Waals surface area contributed by atoms with Crippen molar-refractivity contribution in [2.75, 3.05) is 0 Å². The fraction of sp³-hybridized carbons (Fsp3) is 0.250. The normalized spacial score (nSPS) is 17.5. The van der Waals surface area contributed by atoms with E-state index >= 15 is 0 Å². The molecule has 1 aromatic rings. The van der Waals surface area contributed by atoms with Crippen molar-refractivity contribution in [1.82, 2.24) is 10.6 Å². The van der Waals surface area contributed by atoms with E-state index in [1.165, 1.54) is 0 Å². The van der Waals surface area contributed by atoms with Crippen molar-refractivity contribution < 1.29 is 14.4 Å². The van der Waals surface area contributed by atoms with Gasteiger partial charge in [-0.05, 0) is 12.0 Å². The highest BCUT2D eigenvalue weighted by molar-refractivity contribution is 6.22. The number of imide groups is 2. The third-order valence-electron chi connectivity index (χ3n) is 3.03. The van der Waals surface area contributed by atoms with Crippen LogP contribution >= 0.6 is 12.4 Å². The number of nitrogens with one attached hydrogen (secondary N) is 2. The van der Waals surface area contributed by atoms with Gasteiger partial charge in [-0.15, -0.1) is 12.4 Å². The molecule has 1 aliphatic heterocycles. The van der Waals surface area contributed by atoms with Crippen LogP contribution in [0, 0.1) is 0 Å². The molecular weight excluding hydrogens is 256 g/mol. The third-order valence-corrected chi connectivity index (χ3v) is 3.03. The van der Waals surface area contributed by atoms with E-state index in [9.17, 15) is 14.4 Å². The fourth-order valence-corrected chi connectivity index (χ4v) is 2.06. The highest BCUT2D eigenvalue weighted by atomic mass is 35.5. The van der Waals surface area contributed by atoms with E-state index in [1.807, 2.05) is 0 Å². The third kappa shape index (κ3) is 1.97. The number of benzene rings is 1. The largest absolute Gasteiger partial charge is 0.328 e. The predicted molar refractivity (Wildman–Crippen MR) is 67.3 cm³/mol. The lowest BCUT2D eigenvalue weighted by Gasteiger charge is -2.33. The Morgan fingerprint density at radius 1 is 1.00 bits per heavy atom. The molecule has 96 valence electrons. The first-order chi connectivity index (χ1) is 8.11. The van der Waals surface area contributed by atoms with Crippen molar-refractivity contribution in [1.29, 1.82) is 0 Å². The molecule has 1 aliphatic rings. The summed E-state index contributed by atoms with van der Waals surface area (Å²) in [7, 11) is 0. The van der Waals surface area contributed by atoms with Crippen LogP contribution in [0.1, 0.15) is 18.9 Å². The standard InChI is InChI=1S/C12H12N2O3.ClH/c1-2-12(8-6-4-3-5-7-8)9(15)13-11(17)14-10(12)16;/h3-7H,2H2,1H3,(H2,13,14,15,16,17);1H. The zero-order chi connectivity index (χ0) is 12.5. The molecule has 2 N–H and O–H groups in total. The smallest absolute Gasteiger partial charge is 0.277 e. The highest BCUT2D eigenvalue weighted by Crippen LogP contribution is 2.30. The zero-order valence-electron chi connectivity index (χ0n) is 9.73. The molecule has 0 unspecified atom stereocenters. The monoisotopic (exact) mass is 268 g/mol. The van der Waals surface area contributed by atoms with E-state index in [0.717, 1.165) is 0 Å². The summed E-state index contributed by atoms with van der Waals surface area (Å²) in [5, 5.41) is 4.28. The summed E-state index contributed by atoms with van der Waals surface area (Å²) in [5.41, 5.74) is -0.722. The van der Waals surface area contributed by atoms with Crippen molar-refractivity contribution in [2.24, 2.45) is 0 Å². The molecule has 0 atom stereocenters. The molecule has 0 saturated carbocycles. The minimum Gasteiger partial charge on any atom is -0.277 e. The van der Waals surface area contributed by atoms with Crippen LogP contribution in [0.5, 0.6) is 0 Å². The Kier molecular flexibility index (Phi) is 4.08. The zero-order valence-corrected chi connectivity index (χ0v) is 10.5. The minimum absolute atomic E-state index is 0. The molecule has 4 amide bonds. The van der Waals surface area contributed by atoms with Gasteiger partial charge in [0.2, 0.25) is 11.8 Å². The lowest BCUT2D eigenvalue weighted by Crippen LogP contribution is -2.64.